The fourth-order valence-corrected chi connectivity index (χ4v) is 3.92. The Morgan fingerprint density at radius 1 is 1.00 bits per heavy atom. The van der Waals surface area contributed by atoms with E-state index in [-0.39, 0.29) is 0 Å². The van der Waals surface area contributed by atoms with E-state index in [0.717, 1.165) is 32.7 Å². The van der Waals surface area contributed by atoms with Crippen LogP contribution in [-0.2, 0) is 11.3 Å². The first-order valence-electron chi connectivity index (χ1n) is 9.46. The lowest BCUT2D eigenvalue weighted by Gasteiger charge is -2.37. The van der Waals surface area contributed by atoms with Gasteiger partial charge in [-0.15, -0.1) is 0 Å². The highest BCUT2D eigenvalue weighted by atomic mass is 16.2. The van der Waals surface area contributed by atoms with Gasteiger partial charge in [0.1, 0.15) is 0 Å². The summed E-state index contributed by atoms with van der Waals surface area (Å²) in [4.78, 5) is 19.4. The Balaban J connectivity index is 1.40. The number of benzene rings is 1. The van der Waals surface area contributed by atoms with Gasteiger partial charge in [0.05, 0.1) is 6.54 Å². The summed E-state index contributed by atoms with van der Waals surface area (Å²) in [6.45, 7) is 5.70. The Morgan fingerprint density at radius 3 is 2.29 bits per heavy atom. The SMILES string of the molecule is CN(C(=O)CN1CCN(Cc2ccccc2)CC1)C1CCCCC1. The van der Waals surface area contributed by atoms with E-state index in [4.69, 9.17) is 0 Å². The zero-order valence-electron chi connectivity index (χ0n) is 15.0. The molecule has 1 aliphatic carbocycles. The van der Waals surface area contributed by atoms with Crippen LogP contribution in [0.5, 0.6) is 0 Å². The van der Waals surface area contributed by atoms with Crippen LogP contribution in [0.25, 0.3) is 0 Å². The van der Waals surface area contributed by atoms with Gasteiger partial charge in [0, 0.05) is 45.8 Å². The molecule has 2 fully saturated rings. The van der Waals surface area contributed by atoms with Crippen molar-refractivity contribution >= 4 is 5.91 Å². The van der Waals surface area contributed by atoms with E-state index in [2.05, 4.69) is 40.1 Å². The summed E-state index contributed by atoms with van der Waals surface area (Å²) in [5.41, 5.74) is 1.37. The zero-order valence-corrected chi connectivity index (χ0v) is 15.0. The number of likely N-dealkylation sites (N-methyl/N-ethyl adjacent to an activating group) is 1. The molecule has 1 amide bonds. The molecule has 1 aromatic carbocycles. The number of carbonyl (C=O) groups is 1. The van der Waals surface area contributed by atoms with E-state index in [9.17, 15) is 4.79 Å². The summed E-state index contributed by atoms with van der Waals surface area (Å²) in [6.07, 6.45) is 6.27. The van der Waals surface area contributed by atoms with Gasteiger partial charge in [0.15, 0.2) is 0 Å². The van der Waals surface area contributed by atoms with Gasteiger partial charge in [0.2, 0.25) is 5.91 Å². The van der Waals surface area contributed by atoms with Gasteiger partial charge in [-0.2, -0.15) is 0 Å². The Kier molecular flexibility index (Phi) is 6.27. The van der Waals surface area contributed by atoms with Crippen molar-refractivity contribution in [1.29, 1.82) is 0 Å². The first kappa shape index (κ1) is 17.4. The molecule has 1 saturated carbocycles. The van der Waals surface area contributed by atoms with Gasteiger partial charge in [-0.1, -0.05) is 49.6 Å². The quantitative estimate of drug-likeness (QED) is 0.831. The number of hydrogen-bond donors (Lipinski definition) is 0. The average molecular weight is 329 g/mol. The lowest BCUT2D eigenvalue weighted by molar-refractivity contribution is -0.134. The van der Waals surface area contributed by atoms with Crippen molar-refractivity contribution in [3.8, 4) is 0 Å². The van der Waals surface area contributed by atoms with Crippen LogP contribution in [-0.4, -0.2) is 66.4 Å². The van der Waals surface area contributed by atoms with E-state index in [1.807, 2.05) is 11.9 Å². The maximum absolute atomic E-state index is 12.6. The van der Waals surface area contributed by atoms with Gasteiger partial charge in [0.25, 0.3) is 0 Å². The molecular weight excluding hydrogens is 298 g/mol. The van der Waals surface area contributed by atoms with Crippen molar-refractivity contribution in [3.05, 3.63) is 35.9 Å². The first-order valence-corrected chi connectivity index (χ1v) is 9.46. The fourth-order valence-electron chi connectivity index (χ4n) is 3.92. The van der Waals surface area contributed by atoms with Gasteiger partial charge < -0.3 is 4.90 Å². The van der Waals surface area contributed by atoms with E-state index >= 15 is 0 Å². The van der Waals surface area contributed by atoms with Gasteiger partial charge in [-0.05, 0) is 18.4 Å². The highest BCUT2D eigenvalue weighted by Crippen LogP contribution is 2.21. The van der Waals surface area contributed by atoms with E-state index in [1.54, 1.807) is 0 Å². The molecule has 1 aliphatic heterocycles. The van der Waals surface area contributed by atoms with Crippen LogP contribution in [0.15, 0.2) is 30.3 Å². The van der Waals surface area contributed by atoms with Crippen molar-refractivity contribution in [2.45, 2.75) is 44.7 Å². The molecular formula is C20H31N3O. The van der Waals surface area contributed by atoms with E-state index in [0.29, 0.717) is 18.5 Å². The number of piperazine rings is 1. The minimum Gasteiger partial charge on any atom is -0.342 e. The summed E-state index contributed by atoms with van der Waals surface area (Å²) >= 11 is 0. The second kappa shape index (κ2) is 8.63. The molecule has 1 heterocycles. The van der Waals surface area contributed by atoms with Crippen molar-refractivity contribution in [3.63, 3.8) is 0 Å². The summed E-state index contributed by atoms with van der Waals surface area (Å²) in [7, 11) is 2.00. The third kappa shape index (κ3) is 4.81. The predicted octanol–water partition coefficient (Wildman–Crippen LogP) is 2.60. The normalized spacial score (nSPS) is 20.9. The Labute approximate surface area is 146 Å². The lowest BCUT2D eigenvalue weighted by atomic mass is 9.94. The second-order valence-corrected chi connectivity index (χ2v) is 7.33. The third-order valence-electron chi connectivity index (χ3n) is 5.59. The van der Waals surface area contributed by atoms with Crippen LogP contribution >= 0.6 is 0 Å². The van der Waals surface area contributed by atoms with Crippen LogP contribution in [0.1, 0.15) is 37.7 Å². The topological polar surface area (TPSA) is 26.8 Å². The van der Waals surface area contributed by atoms with Crippen LogP contribution in [0.2, 0.25) is 0 Å². The minimum absolute atomic E-state index is 0.304. The number of nitrogens with zero attached hydrogens (tertiary/aromatic N) is 3. The van der Waals surface area contributed by atoms with Crippen molar-refractivity contribution in [2.75, 3.05) is 39.8 Å². The van der Waals surface area contributed by atoms with Gasteiger partial charge in [-0.25, -0.2) is 0 Å². The molecule has 0 radical (unpaired) electrons. The van der Waals surface area contributed by atoms with Crippen molar-refractivity contribution in [1.82, 2.24) is 14.7 Å². The van der Waals surface area contributed by atoms with Crippen LogP contribution in [0.3, 0.4) is 0 Å². The first-order chi connectivity index (χ1) is 11.7. The molecule has 2 aliphatic rings. The fraction of sp³-hybridized carbons (Fsp3) is 0.650. The van der Waals surface area contributed by atoms with Gasteiger partial charge >= 0.3 is 0 Å². The number of rotatable bonds is 5. The Hall–Kier alpha value is -1.39. The van der Waals surface area contributed by atoms with Crippen LogP contribution < -0.4 is 0 Å². The van der Waals surface area contributed by atoms with Gasteiger partial charge in [-0.3, -0.25) is 14.6 Å². The molecule has 3 rings (SSSR count). The van der Waals surface area contributed by atoms with Crippen molar-refractivity contribution in [2.24, 2.45) is 0 Å². The minimum atomic E-state index is 0.304. The zero-order chi connectivity index (χ0) is 16.8. The summed E-state index contributed by atoms with van der Waals surface area (Å²) in [5.74, 6) is 0.304. The molecule has 0 N–H and O–H groups in total. The van der Waals surface area contributed by atoms with Crippen LogP contribution in [0.4, 0.5) is 0 Å². The summed E-state index contributed by atoms with van der Waals surface area (Å²) in [6, 6.07) is 11.1. The maximum atomic E-state index is 12.6. The second-order valence-electron chi connectivity index (χ2n) is 7.33. The predicted molar refractivity (Wildman–Crippen MR) is 97.8 cm³/mol. The number of carbonyl (C=O) groups excluding carboxylic acids is 1. The van der Waals surface area contributed by atoms with E-state index < -0.39 is 0 Å². The standard InChI is InChI=1S/C20H31N3O/c1-21(19-10-6-3-7-11-19)20(24)17-23-14-12-22(13-15-23)16-18-8-4-2-5-9-18/h2,4-5,8-9,19H,3,6-7,10-17H2,1H3. The third-order valence-corrected chi connectivity index (χ3v) is 5.59. The largest absolute Gasteiger partial charge is 0.342 e. The Morgan fingerprint density at radius 2 is 1.62 bits per heavy atom. The van der Waals surface area contributed by atoms with E-state index in [1.165, 1.54) is 37.7 Å². The van der Waals surface area contributed by atoms with Crippen LogP contribution in [0, 0.1) is 0 Å². The molecule has 24 heavy (non-hydrogen) atoms. The number of hydrogen-bond acceptors (Lipinski definition) is 3. The molecule has 1 saturated heterocycles. The molecule has 0 bridgehead atoms. The summed E-state index contributed by atoms with van der Waals surface area (Å²) in [5, 5.41) is 0. The number of amides is 1. The molecule has 132 valence electrons. The van der Waals surface area contributed by atoms with Crippen molar-refractivity contribution < 1.29 is 4.79 Å². The smallest absolute Gasteiger partial charge is 0.236 e. The molecule has 4 nitrogen and oxygen atoms in total. The highest BCUT2D eigenvalue weighted by Gasteiger charge is 2.25. The highest BCUT2D eigenvalue weighted by molar-refractivity contribution is 5.78. The molecule has 0 unspecified atom stereocenters. The summed E-state index contributed by atoms with van der Waals surface area (Å²) < 4.78 is 0. The lowest BCUT2D eigenvalue weighted by Crippen LogP contribution is -2.50. The average Bonchev–Trinajstić information content (AvgIpc) is 2.64. The molecule has 0 spiro atoms. The molecule has 4 heteroatoms. The molecule has 0 aromatic heterocycles. The Bertz CT molecular complexity index is 505. The maximum Gasteiger partial charge on any atom is 0.236 e. The molecule has 1 aromatic rings. The molecule has 0 atom stereocenters. The monoisotopic (exact) mass is 329 g/mol.